The molecule has 7 aromatic carbocycles. The van der Waals surface area contributed by atoms with E-state index in [0.29, 0.717) is 11.0 Å². The van der Waals surface area contributed by atoms with Gasteiger partial charge in [0.05, 0.1) is 27.6 Å². The molecule has 0 N–H and O–H groups in total. The minimum absolute atomic E-state index is 0.220. The van der Waals surface area contributed by atoms with Crippen molar-refractivity contribution in [1.82, 2.24) is 9.13 Å². The van der Waals surface area contributed by atoms with Crippen LogP contribution in [0.4, 0.5) is 13.2 Å². The van der Waals surface area contributed by atoms with Gasteiger partial charge in [0.15, 0.2) is 0 Å². The number of rotatable bonds is 3. The van der Waals surface area contributed by atoms with Crippen LogP contribution >= 0.6 is 0 Å². The van der Waals surface area contributed by atoms with Crippen molar-refractivity contribution in [3.63, 3.8) is 0 Å². The second-order valence-electron chi connectivity index (χ2n) is 13.0. The molecule has 0 saturated heterocycles. The van der Waals surface area contributed by atoms with Gasteiger partial charge in [-0.2, -0.15) is 13.2 Å². The molecule has 0 bridgehead atoms. The predicted octanol–water partition coefficient (Wildman–Crippen LogP) is 12.8. The van der Waals surface area contributed by atoms with Crippen molar-refractivity contribution in [3.8, 4) is 22.5 Å². The summed E-state index contributed by atoms with van der Waals surface area (Å²) in [6, 6.07) is 48.3. The highest BCUT2D eigenvalue weighted by Gasteiger charge is 2.31. The summed E-state index contributed by atoms with van der Waals surface area (Å²) in [6.45, 7) is 2.13. The van der Waals surface area contributed by atoms with Gasteiger partial charge < -0.3 is 13.6 Å². The Morgan fingerprint density at radius 2 is 1.02 bits per heavy atom. The average molecular weight is 657 g/mol. The quantitative estimate of drug-likeness (QED) is 0.186. The van der Waals surface area contributed by atoms with Gasteiger partial charge in [-0.05, 0) is 96.9 Å². The van der Waals surface area contributed by atoms with Crippen LogP contribution < -0.4 is 0 Å². The average Bonchev–Trinajstić information content (AvgIpc) is 3.77. The van der Waals surface area contributed by atoms with E-state index in [1.54, 1.807) is 0 Å². The van der Waals surface area contributed by atoms with Crippen molar-refractivity contribution < 1.29 is 17.6 Å². The summed E-state index contributed by atoms with van der Waals surface area (Å²) < 4.78 is 50.8. The molecule has 0 spiro atoms. The maximum absolute atomic E-state index is 13.4. The van der Waals surface area contributed by atoms with Gasteiger partial charge in [0.1, 0.15) is 11.2 Å². The van der Waals surface area contributed by atoms with Crippen LogP contribution in [0, 0.1) is 6.92 Å². The molecule has 0 aliphatic heterocycles. The standard InChI is InChI=1S/C44H27F3N2O/c1-26-13-19-40-36(21-26)32-9-2-4-11-38(32)48(40)30-8-6-7-27(22-30)28-14-20-41-37(23-28)33-10-3-5-12-39(33)49(41)31-16-18-35-34-17-15-29(44(45,46)47)24-42(34)50-43(35)25-31/h2-25H,1H3. The Morgan fingerprint density at radius 3 is 1.74 bits per heavy atom. The first-order valence-electron chi connectivity index (χ1n) is 16.5. The predicted molar refractivity (Wildman–Crippen MR) is 198 cm³/mol. The highest BCUT2D eigenvalue weighted by molar-refractivity contribution is 6.12. The molecule has 0 unspecified atom stereocenters. The van der Waals surface area contributed by atoms with Crippen molar-refractivity contribution in [1.29, 1.82) is 0 Å². The van der Waals surface area contributed by atoms with Crippen LogP contribution in [0.5, 0.6) is 0 Å². The third-order valence-corrected chi connectivity index (χ3v) is 9.98. The fourth-order valence-electron chi connectivity index (χ4n) is 7.70. The molecular formula is C44H27F3N2O. The number of fused-ring (bicyclic) bond motifs is 9. The zero-order valence-electron chi connectivity index (χ0n) is 26.8. The number of hydrogen-bond donors (Lipinski definition) is 0. The first kappa shape index (κ1) is 28.7. The van der Waals surface area contributed by atoms with Crippen LogP contribution in [-0.2, 0) is 6.18 Å². The van der Waals surface area contributed by atoms with E-state index in [1.807, 2.05) is 30.3 Å². The Balaban J connectivity index is 1.12. The van der Waals surface area contributed by atoms with Crippen molar-refractivity contribution in [2.45, 2.75) is 13.1 Å². The number of nitrogens with zero attached hydrogens (tertiary/aromatic N) is 2. The molecule has 0 radical (unpaired) electrons. The maximum atomic E-state index is 13.4. The lowest BCUT2D eigenvalue weighted by atomic mass is 10.0. The van der Waals surface area contributed by atoms with Gasteiger partial charge in [-0.15, -0.1) is 0 Å². The summed E-state index contributed by atoms with van der Waals surface area (Å²) >= 11 is 0. The second kappa shape index (κ2) is 10.4. The van der Waals surface area contributed by atoms with Crippen molar-refractivity contribution in [3.05, 3.63) is 157 Å². The van der Waals surface area contributed by atoms with E-state index in [-0.39, 0.29) is 5.58 Å². The molecule has 50 heavy (non-hydrogen) atoms. The maximum Gasteiger partial charge on any atom is 0.416 e. The lowest BCUT2D eigenvalue weighted by molar-refractivity contribution is -0.137. The zero-order chi connectivity index (χ0) is 33.7. The normalized spacial score (nSPS) is 12.4. The molecule has 3 aromatic heterocycles. The number of aromatic nitrogens is 2. The van der Waals surface area contributed by atoms with E-state index in [9.17, 15) is 13.2 Å². The molecule has 0 atom stereocenters. The Hall–Kier alpha value is -6.27. The Kier molecular flexibility index (Phi) is 5.95. The molecule has 6 heteroatoms. The van der Waals surface area contributed by atoms with Gasteiger partial charge in [-0.3, -0.25) is 0 Å². The van der Waals surface area contributed by atoms with E-state index < -0.39 is 11.7 Å². The molecule has 240 valence electrons. The highest BCUT2D eigenvalue weighted by Crippen LogP contribution is 2.40. The van der Waals surface area contributed by atoms with E-state index in [2.05, 4.69) is 113 Å². The Morgan fingerprint density at radius 1 is 0.440 bits per heavy atom. The fourth-order valence-corrected chi connectivity index (χ4v) is 7.70. The molecule has 0 aliphatic rings. The summed E-state index contributed by atoms with van der Waals surface area (Å²) in [7, 11) is 0. The minimum Gasteiger partial charge on any atom is -0.456 e. The van der Waals surface area contributed by atoms with Crippen molar-refractivity contribution in [2.24, 2.45) is 0 Å². The minimum atomic E-state index is -4.44. The van der Waals surface area contributed by atoms with Crippen molar-refractivity contribution >= 4 is 65.6 Å². The van der Waals surface area contributed by atoms with Gasteiger partial charge in [0.2, 0.25) is 0 Å². The Labute approximate surface area is 284 Å². The lowest BCUT2D eigenvalue weighted by Crippen LogP contribution is -2.03. The second-order valence-corrected chi connectivity index (χ2v) is 13.0. The first-order valence-corrected chi connectivity index (χ1v) is 16.5. The molecular weight excluding hydrogens is 629 g/mol. The van der Waals surface area contributed by atoms with E-state index in [1.165, 1.54) is 33.4 Å². The van der Waals surface area contributed by atoms with Crippen LogP contribution in [-0.4, -0.2) is 9.13 Å². The van der Waals surface area contributed by atoms with Crippen LogP contribution in [0.2, 0.25) is 0 Å². The molecule has 0 fully saturated rings. The summed E-state index contributed by atoms with van der Waals surface area (Å²) in [4.78, 5) is 0. The Bertz CT molecular complexity index is 2990. The van der Waals surface area contributed by atoms with Gasteiger partial charge >= 0.3 is 6.18 Å². The highest BCUT2D eigenvalue weighted by atomic mass is 19.4. The number of halogens is 3. The third kappa shape index (κ3) is 4.24. The zero-order valence-corrected chi connectivity index (χ0v) is 26.8. The van der Waals surface area contributed by atoms with Crippen LogP contribution in [0.25, 0.3) is 88.1 Å². The molecule has 10 aromatic rings. The number of hydrogen-bond acceptors (Lipinski definition) is 1. The smallest absolute Gasteiger partial charge is 0.416 e. The molecule has 3 heterocycles. The summed E-state index contributed by atoms with van der Waals surface area (Å²) in [5.41, 5.74) is 9.86. The number of alkyl halides is 3. The summed E-state index contributed by atoms with van der Waals surface area (Å²) in [5.74, 6) is 0. The third-order valence-electron chi connectivity index (χ3n) is 9.98. The largest absolute Gasteiger partial charge is 0.456 e. The monoisotopic (exact) mass is 656 g/mol. The van der Waals surface area contributed by atoms with Crippen molar-refractivity contribution in [2.75, 3.05) is 0 Å². The lowest BCUT2D eigenvalue weighted by Gasteiger charge is -2.11. The first-order chi connectivity index (χ1) is 24.3. The molecule has 0 amide bonds. The van der Waals surface area contributed by atoms with Gasteiger partial charge in [-0.25, -0.2) is 0 Å². The molecule has 10 rings (SSSR count). The van der Waals surface area contributed by atoms with Gasteiger partial charge in [0, 0.05) is 49.8 Å². The fraction of sp³-hybridized carbons (Fsp3) is 0.0455. The van der Waals surface area contributed by atoms with Crippen LogP contribution in [0.1, 0.15) is 11.1 Å². The molecule has 0 aliphatic carbocycles. The van der Waals surface area contributed by atoms with E-state index in [4.69, 9.17) is 4.42 Å². The van der Waals surface area contributed by atoms with E-state index in [0.717, 1.165) is 61.8 Å². The SMILES string of the molecule is Cc1ccc2c(c1)c1ccccc1n2-c1cccc(-c2ccc3c(c2)c2ccccc2n3-c2ccc3c(c2)oc2cc(C(F)(F)F)ccc23)c1. The van der Waals surface area contributed by atoms with Gasteiger partial charge in [-0.1, -0.05) is 66.2 Å². The number of para-hydroxylation sites is 2. The summed E-state index contributed by atoms with van der Waals surface area (Å²) in [6.07, 6.45) is -4.44. The van der Waals surface area contributed by atoms with E-state index >= 15 is 0 Å². The molecule has 0 saturated carbocycles. The molecule has 3 nitrogen and oxygen atoms in total. The van der Waals surface area contributed by atoms with Crippen LogP contribution in [0.3, 0.4) is 0 Å². The topological polar surface area (TPSA) is 23.0 Å². The number of aryl methyl sites for hydroxylation is 1. The van der Waals surface area contributed by atoms with Gasteiger partial charge in [0.25, 0.3) is 0 Å². The number of benzene rings is 7. The number of furan rings is 1. The summed E-state index contributed by atoms with van der Waals surface area (Å²) in [5, 5.41) is 6.13. The van der Waals surface area contributed by atoms with Crippen LogP contribution in [0.15, 0.2) is 150 Å².